The topological polar surface area (TPSA) is 17.8 Å². The lowest BCUT2D eigenvalue weighted by Gasteiger charge is -2.04. The highest BCUT2D eigenvalue weighted by atomic mass is 35.5. The number of hydrogen-bond acceptors (Lipinski definition) is 2. The van der Waals surface area contributed by atoms with E-state index in [9.17, 15) is 13.2 Å². The molecule has 0 atom stereocenters. The van der Waals surface area contributed by atoms with Crippen LogP contribution in [0.4, 0.5) is 13.2 Å². The fourth-order valence-electron chi connectivity index (χ4n) is 1.25. The third kappa shape index (κ3) is 3.17. The van der Waals surface area contributed by atoms with Gasteiger partial charge in [-0.1, -0.05) is 23.7 Å². The van der Waals surface area contributed by atoms with E-state index in [2.05, 4.69) is 5.10 Å². The van der Waals surface area contributed by atoms with Crippen molar-refractivity contribution in [2.24, 2.45) is 0 Å². The van der Waals surface area contributed by atoms with Crippen molar-refractivity contribution in [3.05, 3.63) is 41.6 Å². The van der Waals surface area contributed by atoms with Gasteiger partial charge in [-0.3, -0.25) is 0 Å². The Morgan fingerprint density at radius 2 is 1.88 bits per heavy atom. The highest BCUT2D eigenvalue weighted by molar-refractivity contribution is 8.00. The lowest BCUT2D eigenvalue weighted by atomic mass is 10.3. The third-order valence-electron chi connectivity index (χ3n) is 1.88. The molecular formula is C10H6ClF3N2S. The molecule has 7 heteroatoms. The average Bonchev–Trinajstić information content (AvgIpc) is 2.64. The van der Waals surface area contributed by atoms with Crippen molar-refractivity contribution < 1.29 is 13.2 Å². The van der Waals surface area contributed by atoms with E-state index in [1.165, 1.54) is 16.9 Å². The average molecular weight is 279 g/mol. The van der Waals surface area contributed by atoms with Gasteiger partial charge in [0.25, 0.3) is 0 Å². The van der Waals surface area contributed by atoms with Gasteiger partial charge in [-0.2, -0.15) is 18.3 Å². The zero-order valence-electron chi connectivity index (χ0n) is 8.28. The zero-order chi connectivity index (χ0) is 12.5. The van der Waals surface area contributed by atoms with E-state index in [0.29, 0.717) is 10.7 Å². The van der Waals surface area contributed by atoms with Crippen LogP contribution in [0, 0.1) is 0 Å². The van der Waals surface area contributed by atoms with Crippen LogP contribution in [0.2, 0.25) is 5.02 Å². The molecule has 0 aliphatic heterocycles. The molecule has 0 fully saturated rings. The number of aromatic nitrogens is 2. The van der Waals surface area contributed by atoms with Crippen molar-refractivity contribution in [1.82, 2.24) is 9.78 Å². The van der Waals surface area contributed by atoms with Gasteiger partial charge in [0.05, 0.1) is 10.7 Å². The summed E-state index contributed by atoms with van der Waals surface area (Å²) in [5.41, 5.74) is -3.79. The van der Waals surface area contributed by atoms with Crippen LogP contribution in [0.15, 0.2) is 41.6 Å². The van der Waals surface area contributed by atoms with Crippen LogP contribution in [0.25, 0.3) is 5.69 Å². The molecule has 0 saturated heterocycles. The molecule has 0 amide bonds. The SMILES string of the molecule is FC(F)(F)Sc1ccn(-c2ccccc2Cl)n1. The Labute approximate surface area is 104 Å². The van der Waals surface area contributed by atoms with Gasteiger partial charge in [0.2, 0.25) is 0 Å². The fraction of sp³-hybridized carbons (Fsp3) is 0.100. The minimum Gasteiger partial charge on any atom is -0.238 e. The molecule has 0 aliphatic carbocycles. The molecule has 0 radical (unpaired) electrons. The second-order valence-electron chi connectivity index (χ2n) is 3.10. The first kappa shape index (κ1) is 12.3. The van der Waals surface area contributed by atoms with Crippen molar-refractivity contribution in [2.45, 2.75) is 10.5 Å². The second-order valence-corrected chi connectivity index (χ2v) is 4.59. The molecule has 17 heavy (non-hydrogen) atoms. The van der Waals surface area contributed by atoms with E-state index in [1.54, 1.807) is 24.3 Å². The fourth-order valence-corrected chi connectivity index (χ4v) is 1.97. The summed E-state index contributed by atoms with van der Waals surface area (Å²) < 4.78 is 37.7. The van der Waals surface area contributed by atoms with E-state index in [1.807, 2.05) is 0 Å². The minimum atomic E-state index is -4.33. The molecule has 2 nitrogen and oxygen atoms in total. The first-order valence-corrected chi connectivity index (χ1v) is 5.71. The van der Waals surface area contributed by atoms with Gasteiger partial charge in [0.1, 0.15) is 5.03 Å². The van der Waals surface area contributed by atoms with E-state index in [-0.39, 0.29) is 16.8 Å². The number of hydrogen-bond donors (Lipinski definition) is 0. The van der Waals surface area contributed by atoms with Gasteiger partial charge in [-0.15, -0.1) is 0 Å². The predicted octanol–water partition coefficient (Wildman–Crippen LogP) is 4.14. The normalized spacial score (nSPS) is 11.8. The van der Waals surface area contributed by atoms with E-state index in [4.69, 9.17) is 11.6 Å². The Balaban J connectivity index is 2.28. The third-order valence-corrected chi connectivity index (χ3v) is 2.86. The lowest BCUT2D eigenvalue weighted by molar-refractivity contribution is -0.0329. The molecule has 2 rings (SSSR count). The molecule has 90 valence electrons. The minimum absolute atomic E-state index is 0.114. The highest BCUT2D eigenvalue weighted by Gasteiger charge is 2.30. The number of halogens is 4. The van der Waals surface area contributed by atoms with Crippen LogP contribution in [0.5, 0.6) is 0 Å². The Morgan fingerprint density at radius 3 is 2.53 bits per heavy atom. The van der Waals surface area contributed by atoms with Gasteiger partial charge in [0.15, 0.2) is 0 Å². The number of para-hydroxylation sites is 1. The highest BCUT2D eigenvalue weighted by Crippen LogP contribution is 2.36. The summed E-state index contributed by atoms with van der Waals surface area (Å²) >= 11 is 5.66. The summed E-state index contributed by atoms with van der Waals surface area (Å²) in [4.78, 5) is 0. The molecule has 0 N–H and O–H groups in total. The Morgan fingerprint density at radius 1 is 1.18 bits per heavy atom. The molecule has 1 aromatic carbocycles. The summed E-state index contributed by atoms with van der Waals surface area (Å²) in [5.74, 6) is 0. The van der Waals surface area contributed by atoms with Crippen LogP contribution >= 0.6 is 23.4 Å². The van der Waals surface area contributed by atoms with Crippen LogP contribution in [-0.4, -0.2) is 15.3 Å². The van der Waals surface area contributed by atoms with Crippen LogP contribution in [-0.2, 0) is 0 Å². The van der Waals surface area contributed by atoms with Gasteiger partial charge < -0.3 is 0 Å². The van der Waals surface area contributed by atoms with Gasteiger partial charge in [-0.25, -0.2) is 4.68 Å². The largest absolute Gasteiger partial charge is 0.447 e. The maximum Gasteiger partial charge on any atom is 0.447 e. The molecule has 0 saturated carbocycles. The smallest absolute Gasteiger partial charge is 0.238 e. The lowest BCUT2D eigenvalue weighted by Crippen LogP contribution is -2.00. The Bertz CT molecular complexity index is 524. The monoisotopic (exact) mass is 278 g/mol. The quantitative estimate of drug-likeness (QED) is 0.769. The van der Waals surface area contributed by atoms with Crippen molar-refractivity contribution in [3.63, 3.8) is 0 Å². The zero-order valence-corrected chi connectivity index (χ0v) is 9.85. The summed E-state index contributed by atoms with van der Waals surface area (Å²) in [6, 6.07) is 8.09. The molecule has 0 aliphatic rings. The first-order valence-electron chi connectivity index (χ1n) is 4.52. The number of rotatable bonds is 2. The predicted molar refractivity (Wildman–Crippen MR) is 60.5 cm³/mol. The van der Waals surface area contributed by atoms with Gasteiger partial charge in [-0.05, 0) is 18.2 Å². The van der Waals surface area contributed by atoms with Gasteiger partial charge in [0, 0.05) is 18.0 Å². The Kier molecular flexibility index (Phi) is 3.35. The van der Waals surface area contributed by atoms with E-state index in [0.717, 1.165) is 0 Å². The van der Waals surface area contributed by atoms with Crippen molar-refractivity contribution in [3.8, 4) is 5.69 Å². The number of benzene rings is 1. The van der Waals surface area contributed by atoms with E-state index < -0.39 is 5.51 Å². The van der Waals surface area contributed by atoms with Gasteiger partial charge >= 0.3 is 5.51 Å². The molecular weight excluding hydrogens is 273 g/mol. The summed E-state index contributed by atoms with van der Waals surface area (Å²) in [6.07, 6.45) is 1.44. The summed E-state index contributed by atoms with van der Waals surface area (Å²) in [7, 11) is 0. The molecule has 0 unspecified atom stereocenters. The van der Waals surface area contributed by atoms with E-state index >= 15 is 0 Å². The number of alkyl halides is 3. The van der Waals surface area contributed by atoms with Crippen LogP contribution in [0.1, 0.15) is 0 Å². The second kappa shape index (κ2) is 4.62. The summed E-state index contributed by atoms with van der Waals surface area (Å²) in [6.45, 7) is 0. The summed E-state index contributed by atoms with van der Waals surface area (Å²) in [5, 5.41) is 4.12. The van der Waals surface area contributed by atoms with Crippen molar-refractivity contribution >= 4 is 23.4 Å². The molecule has 1 aromatic heterocycles. The first-order chi connectivity index (χ1) is 7.96. The standard InChI is InChI=1S/C10H6ClF3N2S/c11-7-3-1-2-4-8(7)16-6-5-9(15-16)17-10(12,13)14/h1-6H. The molecule has 2 aromatic rings. The van der Waals surface area contributed by atoms with Crippen LogP contribution in [0.3, 0.4) is 0 Å². The number of thioether (sulfide) groups is 1. The Hall–Kier alpha value is -1.14. The molecule has 1 heterocycles. The maximum atomic E-state index is 12.1. The number of nitrogens with zero attached hydrogens (tertiary/aromatic N) is 2. The molecule has 0 spiro atoms. The maximum absolute atomic E-state index is 12.1. The molecule has 0 bridgehead atoms. The van der Waals surface area contributed by atoms with Crippen molar-refractivity contribution in [1.29, 1.82) is 0 Å². The van der Waals surface area contributed by atoms with Crippen molar-refractivity contribution in [2.75, 3.05) is 0 Å². The van der Waals surface area contributed by atoms with Crippen LogP contribution < -0.4 is 0 Å².